The minimum absolute atomic E-state index is 0.251. The van der Waals surface area contributed by atoms with Gasteiger partial charge in [-0.15, -0.1) is 0 Å². The molecule has 3 heterocycles. The van der Waals surface area contributed by atoms with Gasteiger partial charge in [-0.3, -0.25) is 4.57 Å². The van der Waals surface area contributed by atoms with Gasteiger partial charge in [-0.05, 0) is 64.8 Å². The van der Waals surface area contributed by atoms with E-state index in [1.54, 1.807) is 0 Å². The predicted molar refractivity (Wildman–Crippen MR) is 124 cm³/mol. The van der Waals surface area contributed by atoms with Crippen LogP contribution in [-0.2, 0) is 5.41 Å². The molecule has 2 bridgehead atoms. The number of nitrogens with zero attached hydrogens (tertiary/aromatic N) is 2. The van der Waals surface area contributed by atoms with Crippen LogP contribution in [0.2, 0.25) is 0 Å². The molecule has 0 spiro atoms. The van der Waals surface area contributed by atoms with Gasteiger partial charge in [0.1, 0.15) is 11.5 Å². The summed E-state index contributed by atoms with van der Waals surface area (Å²) in [6.07, 6.45) is 6.76. The van der Waals surface area contributed by atoms with E-state index in [-0.39, 0.29) is 5.41 Å². The summed E-state index contributed by atoms with van der Waals surface area (Å²) in [5.41, 5.74) is 5.86. The van der Waals surface area contributed by atoms with Gasteiger partial charge in [0, 0.05) is 34.1 Å². The van der Waals surface area contributed by atoms with Crippen molar-refractivity contribution >= 4 is 32.7 Å². The maximum Gasteiger partial charge on any atom is 0.146 e. The van der Waals surface area contributed by atoms with Crippen molar-refractivity contribution in [2.24, 2.45) is 5.41 Å². The van der Waals surface area contributed by atoms with Crippen molar-refractivity contribution in [2.45, 2.75) is 44.9 Å². The number of hydrogen-bond acceptors (Lipinski definition) is 1. The Labute approximate surface area is 175 Å². The molecule has 3 nitrogen and oxygen atoms in total. The quantitative estimate of drug-likeness (QED) is 0.334. The molecule has 1 saturated carbocycles. The van der Waals surface area contributed by atoms with E-state index in [4.69, 9.17) is 4.98 Å². The zero-order chi connectivity index (χ0) is 20.3. The second kappa shape index (κ2) is 5.15. The fraction of sp³-hybridized carbons (Fsp3) is 0.296. The largest absolute Gasteiger partial charge is 0.347 e. The highest BCUT2D eigenvalue weighted by Gasteiger charge is 2.60. The van der Waals surface area contributed by atoms with E-state index < -0.39 is 0 Å². The smallest absolute Gasteiger partial charge is 0.146 e. The fourth-order valence-corrected chi connectivity index (χ4v) is 6.66. The number of nitrogens with one attached hydrogen (secondary N) is 1. The monoisotopic (exact) mass is 391 g/mol. The van der Waals surface area contributed by atoms with Crippen molar-refractivity contribution in [3.63, 3.8) is 0 Å². The van der Waals surface area contributed by atoms with Crippen molar-refractivity contribution in [3.05, 3.63) is 72.1 Å². The maximum absolute atomic E-state index is 4.85. The zero-order valence-electron chi connectivity index (χ0n) is 17.7. The van der Waals surface area contributed by atoms with E-state index in [0.717, 1.165) is 5.65 Å². The lowest BCUT2D eigenvalue weighted by Crippen LogP contribution is -2.31. The lowest BCUT2D eigenvalue weighted by atomic mass is 9.69. The number of benzene rings is 2. The van der Waals surface area contributed by atoms with E-state index in [1.165, 1.54) is 56.8 Å². The second-order valence-corrected chi connectivity index (χ2v) is 10.0. The molecule has 3 heteroatoms. The molecule has 2 aliphatic rings. The van der Waals surface area contributed by atoms with Gasteiger partial charge in [0.15, 0.2) is 0 Å². The van der Waals surface area contributed by atoms with Crippen molar-refractivity contribution in [3.8, 4) is 5.82 Å². The first-order valence-electron chi connectivity index (χ1n) is 11.0. The average Bonchev–Trinajstić information content (AvgIpc) is 3.42. The molecule has 30 heavy (non-hydrogen) atoms. The van der Waals surface area contributed by atoms with Crippen LogP contribution >= 0.6 is 0 Å². The Hall–Kier alpha value is -3.07. The van der Waals surface area contributed by atoms with Crippen LogP contribution in [0.15, 0.2) is 60.9 Å². The summed E-state index contributed by atoms with van der Waals surface area (Å²) in [6.45, 7) is 7.40. The molecule has 2 atom stereocenters. The molecule has 1 fully saturated rings. The Morgan fingerprint density at radius 3 is 2.63 bits per heavy atom. The van der Waals surface area contributed by atoms with E-state index in [2.05, 4.69) is 79.0 Å². The fourth-order valence-electron chi connectivity index (χ4n) is 6.66. The summed E-state index contributed by atoms with van der Waals surface area (Å²) in [4.78, 5) is 8.55. The number of fused-ring (bicyclic) bond motifs is 9. The molecule has 1 N–H and O–H groups in total. The van der Waals surface area contributed by atoms with E-state index in [0.29, 0.717) is 11.3 Å². The first-order valence-corrected chi connectivity index (χ1v) is 11.0. The van der Waals surface area contributed by atoms with Gasteiger partial charge in [0.2, 0.25) is 0 Å². The number of hydrogen-bond donors (Lipinski definition) is 1. The van der Waals surface area contributed by atoms with E-state index in [9.17, 15) is 0 Å². The third-order valence-corrected chi connectivity index (χ3v) is 8.68. The van der Waals surface area contributed by atoms with Crippen molar-refractivity contribution < 1.29 is 0 Å². The van der Waals surface area contributed by atoms with Crippen molar-refractivity contribution in [1.29, 1.82) is 0 Å². The first-order chi connectivity index (χ1) is 14.5. The molecule has 2 aliphatic carbocycles. The van der Waals surface area contributed by atoms with E-state index >= 15 is 0 Å². The molecular weight excluding hydrogens is 366 g/mol. The van der Waals surface area contributed by atoms with Crippen LogP contribution in [0.5, 0.6) is 0 Å². The molecule has 2 unspecified atom stereocenters. The average molecular weight is 392 g/mol. The van der Waals surface area contributed by atoms with Crippen molar-refractivity contribution in [2.75, 3.05) is 0 Å². The SMILES string of the molecule is CC12CCC(c3c1c[nH]c3-n1c3cc4ccccc4cc3c3cccnc31)C2(C)C. The van der Waals surface area contributed by atoms with Gasteiger partial charge in [0.05, 0.1) is 5.52 Å². The Bertz CT molecular complexity index is 1500. The number of H-pyrrole nitrogens is 1. The van der Waals surface area contributed by atoms with E-state index in [1.807, 2.05) is 12.3 Å². The molecular formula is C27H25N3. The number of rotatable bonds is 1. The van der Waals surface area contributed by atoms with Crippen LogP contribution in [0.3, 0.4) is 0 Å². The highest BCUT2D eigenvalue weighted by Crippen LogP contribution is 2.68. The summed E-state index contributed by atoms with van der Waals surface area (Å²) in [5, 5.41) is 5.03. The van der Waals surface area contributed by atoms with Crippen LogP contribution < -0.4 is 0 Å². The predicted octanol–water partition coefficient (Wildman–Crippen LogP) is 6.83. The molecule has 0 radical (unpaired) electrons. The second-order valence-electron chi connectivity index (χ2n) is 10.0. The molecule has 0 aliphatic heterocycles. The minimum atomic E-state index is 0.251. The molecule has 148 valence electrons. The number of aromatic nitrogens is 3. The standard InChI is InChI=1S/C27H25N3/c1-26(2)20-10-11-27(26,3)21-15-29-25(23(20)21)30-22-14-17-8-5-4-7-16(17)13-19(22)18-9-6-12-28-24(18)30/h4-9,12-15,20,29H,10-11H2,1-3H3. The van der Waals surface area contributed by atoms with Crippen molar-refractivity contribution in [1.82, 2.24) is 14.5 Å². The first kappa shape index (κ1) is 16.7. The highest BCUT2D eigenvalue weighted by atomic mass is 15.1. The van der Waals surface area contributed by atoms with Gasteiger partial charge >= 0.3 is 0 Å². The molecule has 0 saturated heterocycles. The summed E-state index contributed by atoms with van der Waals surface area (Å²) < 4.78 is 2.38. The van der Waals surface area contributed by atoms with Gasteiger partial charge in [-0.25, -0.2) is 4.98 Å². The Morgan fingerprint density at radius 1 is 1.00 bits per heavy atom. The summed E-state index contributed by atoms with van der Waals surface area (Å²) in [7, 11) is 0. The third-order valence-electron chi connectivity index (χ3n) is 8.68. The normalized spacial score (nSPS) is 24.3. The Kier molecular flexibility index (Phi) is 2.87. The molecule has 2 aromatic carbocycles. The molecule has 3 aromatic heterocycles. The summed E-state index contributed by atoms with van der Waals surface area (Å²) in [6, 6.07) is 17.5. The molecule has 5 aromatic rings. The lowest BCUT2D eigenvalue weighted by Gasteiger charge is -2.35. The third kappa shape index (κ3) is 1.73. The molecule has 7 rings (SSSR count). The zero-order valence-corrected chi connectivity index (χ0v) is 17.7. The van der Waals surface area contributed by atoms with Gasteiger partial charge in [-0.2, -0.15) is 0 Å². The molecule has 0 amide bonds. The summed E-state index contributed by atoms with van der Waals surface area (Å²) in [5.74, 6) is 1.82. The minimum Gasteiger partial charge on any atom is -0.347 e. The number of pyridine rings is 1. The highest BCUT2D eigenvalue weighted by molar-refractivity contribution is 6.12. The van der Waals surface area contributed by atoms with Crippen LogP contribution in [0.4, 0.5) is 0 Å². The maximum atomic E-state index is 4.85. The van der Waals surface area contributed by atoms with Crippen LogP contribution in [0.1, 0.15) is 50.7 Å². The number of aromatic amines is 1. The van der Waals surface area contributed by atoms with Gasteiger partial charge < -0.3 is 4.98 Å². The topological polar surface area (TPSA) is 33.6 Å². The lowest BCUT2D eigenvalue weighted by molar-refractivity contribution is 0.230. The summed E-state index contributed by atoms with van der Waals surface area (Å²) >= 11 is 0. The van der Waals surface area contributed by atoms with Gasteiger partial charge in [-0.1, -0.05) is 45.0 Å². The van der Waals surface area contributed by atoms with Crippen LogP contribution in [0, 0.1) is 5.41 Å². The Morgan fingerprint density at radius 2 is 1.80 bits per heavy atom. The Balaban J connectivity index is 1.62. The van der Waals surface area contributed by atoms with Gasteiger partial charge in [0.25, 0.3) is 0 Å². The van der Waals surface area contributed by atoms with Crippen LogP contribution in [-0.4, -0.2) is 14.5 Å². The van der Waals surface area contributed by atoms with Crippen LogP contribution in [0.25, 0.3) is 38.5 Å².